The van der Waals surface area contributed by atoms with Crippen LogP contribution in [0.2, 0.25) is 5.02 Å². The average Bonchev–Trinajstić information content (AvgIpc) is 3.03. The third-order valence-corrected chi connectivity index (χ3v) is 3.31. The van der Waals surface area contributed by atoms with Crippen molar-refractivity contribution in [3.8, 4) is 5.75 Å². The molecule has 0 fully saturated rings. The number of aryl methyl sites for hydroxylation is 1. The van der Waals surface area contributed by atoms with Crippen LogP contribution in [0.4, 0.5) is 0 Å². The molecule has 0 saturated heterocycles. The van der Waals surface area contributed by atoms with E-state index in [1.807, 2.05) is 18.2 Å². The van der Waals surface area contributed by atoms with E-state index in [0.29, 0.717) is 36.8 Å². The molecule has 0 aliphatic rings. The highest BCUT2D eigenvalue weighted by Crippen LogP contribution is 2.23. The molecule has 0 aliphatic heterocycles. The minimum absolute atomic E-state index is 0.0290. The molecule has 1 N–H and O–H groups in total. The Balaban J connectivity index is 1.51. The summed E-state index contributed by atoms with van der Waals surface area (Å²) in [6, 6.07) is 7.30. The number of ether oxygens (including phenoxy) is 1. The molecule has 7 heteroatoms. The summed E-state index contributed by atoms with van der Waals surface area (Å²) in [7, 11) is 0. The van der Waals surface area contributed by atoms with Crippen molar-refractivity contribution in [2.75, 3.05) is 13.2 Å². The number of aromatic nitrogens is 3. The van der Waals surface area contributed by atoms with E-state index in [1.165, 1.54) is 6.33 Å². The topological polar surface area (TPSA) is 69.0 Å². The van der Waals surface area contributed by atoms with Crippen LogP contribution in [0.25, 0.3) is 0 Å². The summed E-state index contributed by atoms with van der Waals surface area (Å²) in [6.07, 6.45) is 5.07. The highest BCUT2D eigenvalue weighted by Gasteiger charge is 2.03. The van der Waals surface area contributed by atoms with Crippen molar-refractivity contribution in [1.29, 1.82) is 0 Å². The molecule has 2 rings (SSSR count). The van der Waals surface area contributed by atoms with Crippen LogP contribution in [-0.2, 0) is 11.3 Å². The fourth-order valence-corrected chi connectivity index (χ4v) is 2.07. The average molecular weight is 323 g/mol. The summed E-state index contributed by atoms with van der Waals surface area (Å²) in [5, 5.41) is 7.45. The molecule has 6 nitrogen and oxygen atoms in total. The van der Waals surface area contributed by atoms with Gasteiger partial charge in [0.25, 0.3) is 0 Å². The smallest absolute Gasteiger partial charge is 0.220 e. The number of nitrogens with zero attached hydrogens (tertiary/aromatic N) is 3. The van der Waals surface area contributed by atoms with Gasteiger partial charge >= 0.3 is 0 Å². The number of benzene rings is 1. The molecule has 0 unspecified atom stereocenters. The summed E-state index contributed by atoms with van der Waals surface area (Å²) in [5.41, 5.74) is 0. The minimum Gasteiger partial charge on any atom is -0.492 e. The lowest BCUT2D eigenvalue weighted by atomic mass is 10.3. The molecule has 0 atom stereocenters. The number of hydrogen-bond donors (Lipinski definition) is 1. The standard InChI is InChI=1S/C15H19ClN4O2/c16-13-5-1-2-6-14(13)22-10-3-7-15(21)18-8-4-9-20-12-17-11-19-20/h1-2,5-6,11-12H,3-4,7-10H2,(H,18,21). The zero-order valence-electron chi connectivity index (χ0n) is 12.2. The number of hydrogen-bond acceptors (Lipinski definition) is 4. The summed E-state index contributed by atoms with van der Waals surface area (Å²) < 4.78 is 7.27. The van der Waals surface area contributed by atoms with E-state index in [0.717, 1.165) is 13.0 Å². The molecule has 2 aromatic rings. The molecule has 0 aliphatic carbocycles. The third-order valence-electron chi connectivity index (χ3n) is 3.00. The van der Waals surface area contributed by atoms with Crippen LogP contribution in [0.5, 0.6) is 5.75 Å². The van der Waals surface area contributed by atoms with Crippen molar-refractivity contribution in [2.45, 2.75) is 25.8 Å². The first kappa shape index (κ1) is 16.3. The summed E-state index contributed by atoms with van der Waals surface area (Å²) in [5.74, 6) is 0.679. The fraction of sp³-hybridized carbons (Fsp3) is 0.400. The van der Waals surface area contributed by atoms with Crippen molar-refractivity contribution >= 4 is 17.5 Å². The molecule has 0 radical (unpaired) electrons. The van der Waals surface area contributed by atoms with Gasteiger partial charge in [-0.3, -0.25) is 9.48 Å². The second-order valence-corrected chi connectivity index (χ2v) is 5.15. The lowest BCUT2D eigenvalue weighted by molar-refractivity contribution is -0.121. The largest absolute Gasteiger partial charge is 0.492 e. The monoisotopic (exact) mass is 322 g/mol. The number of halogens is 1. The second-order valence-electron chi connectivity index (χ2n) is 4.74. The van der Waals surface area contributed by atoms with E-state index >= 15 is 0 Å². The van der Waals surface area contributed by atoms with Crippen LogP contribution in [-0.4, -0.2) is 33.8 Å². The molecular formula is C15H19ClN4O2. The van der Waals surface area contributed by atoms with Crippen LogP contribution in [0.15, 0.2) is 36.9 Å². The Bertz CT molecular complexity index is 575. The van der Waals surface area contributed by atoms with Gasteiger partial charge in [-0.15, -0.1) is 0 Å². The summed E-state index contributed by atoms with van der Waals surface area (Å²) >= 11 is 5.98. The predicted octanol–water partition coefficient (Wildman–Crippen LogP) is 2.30. The molecule has 1 aromatic heterocycles. The van der Waals surface area contributed by atoms with Crippen molar-refractivity contribution < 1.29 is 9.53 Å². The second kappa shape index (κ2) is 9.04. The van der Waals surface area contributed by atoms with Gasteiger partial charge in [0.05, 0.1) is 11.6 Å². The Kier molecular flexibility index (Phi) is 6.70. The van der Waals surface area contributed by atoms with E-state index in [2.05, 4.69) is 15.4 Å². The Morgan fingerprint density at radius 2 is 2.18 bits per heavy atom. The van der Waals surface area contributed by atoms with Gasteiger partial charge in [-0.2, -0.15) is 5.10 Å². The lowest BCUT2D eigenvalue weighted by Crippen LogP contribution is -2.25. The van der Waals surface area contributed by atoms with E-state index in [9.17, 15) is 4.79 Å². The van der Waals surface area contributed by atoms with Gasteiger partial charge in [-0.05, 0) is 25.0 Å². The molecule has 1 heterocycles. The summed E-state index contributed by atoms with van der Waals surface area (Å²) in [6.45, 7) is 1.84. The maximum atomic E-state index is 11.7. The fourth-order valence-electron chi connectivity index (χ4n) is 1.88. The Morgan fingerprint density at radius 3 is 2.95 bits per heavy atom. The molecule has 118 valence electrons. The van der Waals surface area contributed by atoms with E-state index in [-0.39, 0.29) is 5.91 Å². The van der Waals surface area contributed by atoms with Gasteiger partial charge < -0.3 is 10.1 Å². The van der Waals surface area contributed by atoms with Crippen LogP contribution in [0.1, 0.15) is 19.3 Å². The Morgan fingerprint density at radius 1 is 1.32 bits per heavy atom. The predicted molar refractivity (Wildman–Crippen MR) is 83.8 cm³/mol. The molecule has 1 amide bonds. The van der Waals surface area contributed by atoms with Crippen LogP contribution in [0.3, 0.4) is 0 Å². The number of carbonyl (C=O) groups is 1. The molecule has 0 saturated carbocycles. The zero-order valence-corrected chi connectivity index (χ0v) is 13.0. The number of carbonyl (C=O) groups excluding carboxylic acids is 1. The van der Waals surface area contributed by atoms with E-state index in [4.69, 9.17) is 16.3 Å². The maximum Gasteiger partial charge on any atom is 0.220 e. The van der Waals surface area contributed by atoms with Crippen molar-refractivity contribution in [2.24, 2.45) is 0 Å². The SMILES string of the molecule is O=C(CCCOc1ccccc1Cl)NCCCn1cncn1. The van der Waals surface area contributed by atoms with Gasteiger partial charge in [0.1, 0.15) is 18.4 Å². The van der Waals surface area contributed by atoms with Gasteiger partial charge in [0.2, 0.25) is 5.91 Å². The first-order valence-corrected chi connectivity index (χ1v) is 7.60. The van der Waals surface area contributed by atoms with Crippen LogP contribution in [0, 0.1) is 0 Å². The van der Waals surface area contributed by atoms with Crippen LogP contribution >= 0.6 is 11.6 Å². The Labute approximate surface area is 134 Å². The highest BCUT2D eigenvalue weighted by atomic mass is 35.5. The molecular weight excluding hydrogens is 304 g/mol. The quantitative estimate of drug-likeness (QED) is 0.719. The van der Waals surface area contributed by atoms with E-state index < -0.39 is 0 Å². The third kappa shape index (κ3) is 5.73. The maximum absolute atomic E-state index is 11.7. The highest BCUT2D eigenvalue weighted by molar-refractivity contribution is 6.32. The molecule has 0 spiro atoms. The van der Waals surface area contributed by atoms with Crippen molar-refractivity contribution in [3.63, 3.8) is 0 Å². The van der Waals surface area contributed by atoms with Gasteiger partial charge in [0, 0.05) is 19.5 Å². The minimum atomic E-state index is 0.0290. The van der Waals surface area contributed by atoms with Crippen molar-refractivity contribution in [1.82, 2.24) is 20.1 Å². The molecule has 22 heavy (non-hydrogen) atoms. The first-order chi connectivity index (χ1) is 10.8. The number of rotatable bonds is 9. The lowest BCUT2D eigenvalue weighted by Gasteiger charge is -2.08. The van der Waals surface area contributed by atoms with E-state index in [1.54, 1.807) is 17.1 Å². The molecule has 0 bridgehead atoms. The normalized spacial score (nSPS) is 10.4. The van der Waals surface area contributed by atoms with Crippen LogP contribution < -0.4 is 10.1 Å². The molecule has 1 aromatic carbocycles. The Hall–Kier alpha value is -2.08. The summed E-state index contributed by atoms with van der Waals surface area (Å²) in [4.78, 5) is 15.5. The first-order valence-electron chi connectivity index (χ1n) is 7.22. The van der Waals surface area contributed by atoms with Gasteiger partial charge in [0.15, 0.2) is 0 Å². The number of nitrogens with one attached hydrogen (secondary N) is 1. The van der Waals surface area contributed by atoms with Crippen molar-refractivity contribution in [3.05, 3.63) is 41.9 Å². The van der Waals surface area contributed by atoms with Gasteiger partial charge in [-0.25, -0.2) is 4.98 Å². The number of para-hydroxylation sites is 1. The zero-order chi connectivity index (χ0) is 15.6. The number of amides is 1. The van der Waals surface area contributed by atoms with Gasteiger partial charge in [-0.1, -0.05) is 23.7 Å².